The number of nitrogens with zero attached hydrogens (tertiary/aromatic N) is 1. The van der Waals surface area contributed by atoms with Crippen molar-refractivity contribution in [2.75, 3.05) is 19.0 Å². The molecule has 1 atom stereocenters. The van der Waals surface area contributed by atoms with Crippen LogP contribution in [0, 0.1) is 11.8 Å². The van der Waals surface area contributed by atoms with E-state index in [0.717, 1.165) is 11.1 Å². The molecule has 0 saturated carbocycles. The molecule has 0 aliphatic heterocycles. The van der Waals surface area contributed by atoms with Crippen LogP contribution >= 0.6 is 0 Å². The monoisotopic (exact) mass is 308 g/mol. The molecule has 0 aliphatic carbocycles. The number of nitrogens with one attached hydrogen (secondary N) is 1. The van der Waals surface area contributed by atoms with Crippen molar-refractivity contribution in [1.82, 2.24) is 4.90 Å². The number of amides is 2. The summed E-state index contributed by atoms with van der Waals surface area (Å²) in [6, 6.07) is 16.5. The molecule has 2 aromatic carbocycles. The van der Waals surface area contributed by atoms with Gasteiger partial charge in [0, 0.05) is 18.2 Å². The highest BCUT2D eigenvalue weighted by molar-refractivity contribution is 5.91. The number of aliphatic hydroxyl groups is 1. The van der Waals surface area contributed by atoms with Crippen LogP contribution in [0.2, 0.25) is 0 Å². The second-order valence-corrected chi connectivity index (χ2v) is 5.23. The Morgan fingerprint density at radius 2 is 1.78 bits per heavy atom. The summed E-state index contributed by atoms with van der Waals surface area (Å²) < 4.78 is 0. The minimum atomic E-state index is -0.277. The zero-order valence-electron chi connectivity index (χ0n) is 13.3. The maximum atomic E-state index is 12.2. The van der Waals surface area contributed by atoms with Gasteiger partial charge in [0.2, 0.25) is 0 Å². The minimum Gasteiger partial charge on any atom is -0.394 e. The molecule has 2 aromatic rings. The fourth-order valence-corrected chi connectivity index (χ4v) is 1.89. The third kappa shape index (κ3) is 4.60. The molecular formula is C19H20N2O2. The second-order valence-electron chi connectivity index (χ2n) is 5.23. The van der Waals surface area contributed by atoms with E-state index in [2.05, 4.69) is 17.2 Å². The lowest BCUT2D eigenvalue weighted by Gasteiger charge is -2.23. The number of para-hydroxylation sites is 1. The average molecular weight is 308 g/mol. The predicted octanol–water partition coefficient (Wildman–Crippen LogP) is 2.93. The zero-order chi connectivity index (χ0) is 16.7. The SMILES string of the molecule is CC(CO)N(C)C(=O)Nc1ccccc1C#Cc1ccccc1. The van der Waals surface area contributed by atoms with E-state index in [4.69, 9.17) is 5.11 Å². The van der Waals surface area contributed by atoms with Crippen molar-refractivity contribution in [3.05, 3.63) is 65.7 Å². The Labute approximate surface area is 136 Å². The highest BCUT2D eigenvalue weighted by atomic mass is 16.3. The first kappa shape index (κ1) is 16.6. The first-order valence-electron chi connectivity index (χ1n) is 7.42. The molecule has 1 unspecified atom stereocenters. The molecule has 0 fully saturated rings. The van der Waals surface area contributed by atoms with Crippen molar-refractivity contribution < 1.29 is 9.90 Å². The Hall–Kier alpha value is -2.77. The Bertz CT molecular complexity index is 717. The number of benzene rings is 2. The Morgan fingerprint density at radius 3 is 2.48 bits per heavy atom. The van der Waals surface area contributed by atoms with Crippen LogP contribution in [-0.2, 0) is 0 Å². The lowest BCUT2D eigenvalue weighted by atomic mass is 10.1. The Morgan fingerprint density at radius 1 is 1.13 bits per heavy atom. The van der Waals surface area contributed by atoms with Crippen molar-refractivity contribution in [2.45, 2.75) is 13.0 Å². The summed E-state index contributed by atoms with van der Waals surface area (Å²) in [4.78, 5) is 13.7. The van der Waals surface area contributed by atoms with E-state index in [9.17, 15) is 4.79 Å². The van der Waals surface area contributed by atoms with Crippen molar-refractivity contribution >= 4 is 11.7 Å². The molecule has 2 amide bonds. The summed E-state index contributed by atoms with van der Waals surface area (Å²) >= 11 is 0. The van der Waals surface area contributed by atoms with Crippen LogP contribution < -0.4 is 5.32 Å². The van der Waals surface area contributed by atoms with Gasteiger partial charge in [0.1, 0.15) is 0 Å². The van der Waals surface area contributed by atoms with Gasteiger partial charge in [-0.05, 0) is 31.2 Å². The van der Waals surface area contributed by atoms with Gasteiger partial charge in [-0.3, -0.25) is 0 Å². The maximum Gasteiger partial charge on any atom is 0.321 e. The highest BCUT2D eigenvalue weighted by Crippen LogP contribution is 2.15. The van der Waals surface area contributed by atoms with Gasteiger partial charge in [-0.25, -0.2) is 4.79 Å². The Balaban J connectivity index is 2.18. The molecule has 0 aliphatic rings. The number of likely N-dealkylation sites (N-methyl/N-ethyl adjacent to an activating group) is 1. The van der Waals surface area contributed by atoms with Crippen LogP contribution in [0.5, 0.6) is 0 Å². The van der Waals surface area contributed by atoms with Crippen LogP contribution in [0.3, 0.4) is 0 Å². The first-order valence-corrected chi connectivity index (χ1v) is 7.42. The largest absolute Gasteiger partial charge is 0.394 e. The van der Waals surface area contributed by atoms with E-state index < -0.39 is 0 Å². The topological polar surface area (TPSA) is 52.6 Å². The summed E-state index contributed by atoms with van der Waals surface area (Å²) in [5.41, 5.74) is 2.31. The molecule has 0 saturated heterocycles. The van der Waals surface area contributed by atoms with Crippen molar-refractivity contribution in [3.8, 4) is 11.8 Å². The number of hydrogen-bond donors (Lipinski definition) is 2. The van der Waals surface area contributed by atoms with Gasteiger partial charge < -0.3 is 15.3 Å². The summed E-state index contributed by atoms with van der Waals surface area (Å²) in [6.07, 6.45) is 0. The van der Waals surface area contributed by atoms with E-state index >= 15 is 0 Å². The van der Waals surface area contributed by atoms with Gasteiger partial charge in [-0.1, -0.05) is 42.2 Å². The van der Waals surface area contributed by atoms with Crippen molar-refractivity contribution in [3.63, 3.8) is 0 Å². The molecule has 0 bridgehead atoms. The van der Waals surface area contributed by atoms with Gasteiger partial charge >= 0.3 is 6.03 Å². The molecule has 118 valence electrons. The first-order chi connectivity index (χ1) is 11.1. The average Bonchev–Trinajstić information content (AvgIpc) is 2.60. The van der Waals surface area contributed by atoms with Crippen LogP contribution in [0.1, 0.15) is 18.1 Å². The molecular weight excluding hydrogens is 288 g/mol. The molecule has 0 radical (unpaired) electrons. The summed E-state index contributed by atoms with van der Waals surface area (Å²) in [7, 11) is 1.65. The maximum absolute atomic E-state index is 12.2. The number of anilines is 1. The quantitative estimate of drug-likeness (QED) is 0.857. The number of hydrogen-bond acceptors (Lipinski definition) is 2. The van der Waals surface area contributed by atoms with Gasteiger partial charge in [-0.15, -0.1) is 0 Å². The molecule has 0 spiro atoms. The number of rotatable bonds is 3. The fraction of sp³-hybridized carbons (Fsp3) is 0.211. The van der Waals surface area contributed by atoms with Crippen LogP contribution in [-0.4, -0.2) is 35.7 Å². The molecule has 2 rings (SSSR count). The molecule has 4 heteroatoms. The van der Waals surface area contributed by atoms with E-state index in [1.807, 2.05) is 54.6 Å². The fourth-order valence-electron chi connectivity index (χ4n) is 1.89. The third-order valence-electron chi connectivity index (χ3n) is 3.53. The number of carbonyl (C=O) groups is 1. The summed E-state index contributed by atoms with van der Waals surface area (Å²) in [5, 5.41) is 12.0. The lowest BCUT2D eigenvalue weighted by Crippen LogP contribution is -2.40. The van der Waals surface area contributed by atoms with Gasteiger partial charge in [0.25, 0.3) is 0 Å². The zero-order valence-corrected chi connectivity index (χ0v) is 13.3. The van der Waals surface area contributed by atoms with E-state index in [0.29, 0.717) is 5.69 Å². The normalized spacial score (nSPS) is 11.1. The minimum absolute atomic E-state index is 0.0839. The van der Waals surface area contributed by atoms with Gasteiger partial charge in [0.05, 0.1) is 18.3 Å². The van der Waals surface area contributed by atoms with E-state index in [-0.39, 0.29) is 18.7 Å². The molecule has 4 nitrogen and oxygen atoms in total. The Kier molecular flexibility index (Phi) is 5.79. The number of urea groups is 1. The van der Waals surface area contributed by atoms with Gasteiger partial charge in [0.15, 0.2) is 0 Å². The summed E-state index contributed by atoms with van der Waals surface area (Å²) in [5.74, 6) is 6.17. The van der Waals surface area contributed by atoms with Crippen molar-refractivity contribution in [1.29, 1.82) is 0 Å². The third-order valence-corrected chi connectivity index (χ3v) is 3.53. The van der Waals surface area contributed by atoms with E-state index in [1.54, 1.807) is 14.0 Å². The molecule has 0 aromatic heterocycles. The number of carbonyl (C=O) groups excluding carboxylic acids is 1. The second kappa shape index (κ2) is 8.02. The summed E-state index contributed by atoms with van der Waals surface area (Å²) in [6.45, 7) is 1.69. The smallest absolute Gasteiger partial charge is 0.321 e. The van der Waals surface area contributed by atoms with Crippen LogP contribution in [0.15, 0.2) is 54.6 Å². The van der Waals surface area contributed by atoms with Crippen LogP contribution in [0.4, 0.5) is 10.5 Å². The highest BCUT2D eigenvalue weighted by Gasteiger charge is 2.15. The van der Waals surface area contributed by atoms with Crippen molar-refractivity contribution in [2.24, 2.45) is 0 Å². The standard InChI is InChI=1S/C19H20N2O2/c1-15(14-22)21(2)19(23)20-18-11-7-6-10-17(18)13-12-16-8-4-3-5-9-16/h3-11,15,22H,14H2,1-2H3,(H,20,23). The molecule has 0 heterocycles. The van der Waals surface area contributed by atoms with Gasteiger partial charge in [-0.2, -0.15) is 0 Å². The van der Waals surface area contributed by atoms with Crippen LogP contribution in [0.25, 0.3) is 0 Å². The number of aliphatic hydroxyl groups excluding tert-OH is 1. The van der Waals surface area contributed by atoms with E-state index in [1.165, 1.54) is 4.90 Å². The molecule has 2 N–H and O–H groups in total. The predicted molar refractivity (Wildman–Crippen MR) is 92.2 cm³/mol. The molecule has 23 heavy (non-hydrogen) atoms. The lowest BCUT2D eigenvalue weighted by molar-refractivity contribution is 0.166.